The Hall–Kier alpha value is -2.73. The first-order valence-electron chi connectivity index (χ1n) is 5.91. The number of imide groups is 1. The molecule has 1 aliphatic heterocycles. The lowest BCUT2D eigenvalue weighted by Crippen LogP contribution is -2.37. The predicted octanol–water partition coefficient (Wildman–Crippen LogP) is 1.78. The maximum Gasteiger partial charge on any atom is 0.285 e. The molecule has 0 spiro atoms. The zero-order valence-electron chi connectivity index (χ0n) is 10.5. The molecule has 0 aliphatic carbocycles. The van der Waals surface area contributed by atoms with Crippen molar-refractivity contribution in [1.82, 2.24) is 5.06 Å². The van der Waals surface area contributed by atoms with Gasteiger partial charge in [0.25, 0.3) is 11.8 Å². The molecule has 3 amide bonds. The Morgan fingerprint density at radius 3 is 2.55 bits per heavy atom. The van der Waals surface area contributed by atoms with Gasteiger partial charge in [0.1, 0.15) is 0 Å². The molecule has 0 atom stereocenters. The van der Waals surface area contributed by atoms with E-state index in [-0.39, 0.29) is 22.1 Å². The van der Waals surface area contributed by atoms with E-state index in [2.05, 4.69) is 5.32 Å². The molecule has 20 heavy (non-hydrogen) atoms. The summed E-state index contributed by atoms with van der Waals surface area (Å²) in [4.78, 5) is 35.0. The van der Waals surface area contributed by atoms with Crippen LogP contribution in [0.25, 0.3) is 10.8 Å². The third kappa shape index (κ3) is 1.66. The number of carbonyl (C=O) groups excluding carboxylic acids is 3. The van der Waals surface area contributed by atoms with E-state index >= 15 is 0 Å². The average molecular weight is 270 g/mol. The number of nitrogens with zero attached hydrogens (tertiary/aromatic N) is 1. The van der Waals surface area contributed by atoms with E-state index in [1.54, 1.807) is 24.3 Å². The molecule has 0 radical (unpaired) electrons. The van der Waals surface area contributed by atoms with Crippen molar-refractivity contribution < 1.29 is 19.6 Å². The van der Waals surface area contributed by atoms with E-state index in [9.17, 15) is 19.6 Å². The summed E-state index contributed by atoms with van der Waals surface area (Å²) in [7, 11) is 0. The van der Waals surface area contributed by atoms with Crippen LogP contribution in [-0.4, -0.2) is 28.0 Å². The molecule has 100 valence electrons. The van der Waals surface area contributed by atoms with Crippen LogP contribution in [0, 0.1) is 0 Å². The van der Waals surface area contributed by atoms with Crippen LogP contribution in [0.2, 0.25) is 0 Å². The smallest absolute Gasteiger partial charge is 0.285 e. The van der Waals surface area contributed by atoms with Crippen LogP contribution in [0.5, 0.6) is 0 Å². The molecule has 0 unspecified atom stereocenters. The molecule has 0 saturated carbocycles. The second kappa shape index (κ2) is 4.14. The highest BCUT2D eigenvalue weighted by Gasteiger charge is 2.32. The van der Waals surface area contributed by atoms with E-state index in [1.807, 2.05) is 0 Å². The van der Waals surface area contributed by atoms with Crippen molar-refractivity contribution in [1.29, 1.82) is 0 Å². The SMILES string of the molecule is CC(=O)Nc1cc2c3c(cccc3c1)C(=O)N(O)C2=O. The summed E-state index contributed by atoms with van der Waals surface area (Å²) in [6, 6.07) is 8.06. The Balaban J connectivity index is 2.35. The molecule has 3 rings (SSSR count). The van der Waals surface area contributed by atoms with Gasteiger partial charge in [-0.1, -0.05) is 12.1 Å². The third-order valence-corrected chi connectivity index (χ3v) is 3.14. The van der Waals surface area contributed by atoms with Gasteiger partial charge in [0.2, 0.25) is 5.91 Å². The van der Waals surface area contributed by atoms with E-state index in [4.69, 9.17) is 0 Å². The maximum atomic E-state index is 12.0. The zero-order chi connectivity index (χ0) is 14.4. The molecule has 0 bridgehead atoms. The van der Waals surface area contributed by atoms with Crippen molar-refractivity contribution in [3.63, 3.8) is 0 Å². The highest BCUT2D eigenvalue weighted by molar-refractivity contribution is 6.25. The van der Waals surface area contributed by atoms with Crippen LogP contribution >= 0.6 is 0 Å². The molecule has 0 aromatic heterocycles. The Labute approximate surface area is 113 Å². The van der Waals surface area contributed by atoms with E-state index in [0.29, 0.717) is 16.5 Å². The Kier molecular flexibility index (Phi) is 2.55. The van der Waals surface area contributed by atoms with Gasteiger partial charge in [0.15, 0.2) is 0 Å². The van der Waals surface area contributed by atoms with Crippen LogP contribution < -0.4 is 5.32 Å². The Bertz CT molecular complexity index is 782. The molecule has 0 saturated heterocycles. The van der Waals surface area contributed by atoms with Crippen molar-refractivity contribution >= 4 is 34.2 Å². The molecule has 2 N–H and O–H groups in total. The van der Waals surface area contributed by atoms with Gasteiger partial charge in [-0.05, 0) is 23.6 Å². The minimum Gasteiger partial charge on any atom is -0.326 e. The van der Waals surface area contributed by atoms with Crippen molar-refractivity contribution in [2.45, 2.75) is 6.92 Å². The predicted molar refractivity (Wildman–Crippen MR) is 70.5 cm³/mol. The molecule has 2 aromatic carbocycles. The average Bonchev–Trinajstić information content (AvgIpc) is 2.41. The molecule has 0 fully saturated rings. The normalized spacial score (nSPS) is 13.8. The second-order valence-electron chi connectivity index (χ2n) is 4.53. The topological polar surface area (TPSA) is 86.7 Å². The number of hydrogen-bond donors (Lipinski definition) is 2. The lowest BCUT2D eigenvalue weighted by atomic mass is 9.94. The minimum atomic E-state index is -0.800. The van der Waals surface area contributed by atoms with Gasteiger partial charge < -0.3 is 5.32 Å². The number of amides is 3. The lowest BCUT2D eigenvalue weighted by molar-refractivity contribution is -0.114. The van der Waals surface area contributed by atoms with Crippen LogP contribution in [0.3, 0.4) is 0 Å². The van der Waals surface area contributed by atoms with Crippen molar-refractivity contribution in [2.75, 3.05) is 5.32 Å². The molecule has 1 aliphatic rings. The van der Waals surface area contributed by atoms with Gasteiger partial charge in [-0.2, -0.15) is 0 Å². The molecule has 2 aromatic rings. The molecule has 6 heteroatoms. The van der Waals surface area contributed by atoms with Crippen LogP contribution in [0.1, 0.15) is 27.6 Å². The summed E-state index contributed by atoms with van der Waals surface area (Å²) in [6.45, 7) is 1.36. The fraction of sp³-hybridized carbons (Fsp3) is 0.0714. The number of hydroxylamine groups is 2. The summed E-state index contributed by atoms with van der Waals surface area (Å²) in [5.41, 5.74) is 0.881. The number of carbonyl (C=O) groups is 3. The van der Waals surface area contributed by atoms with Crippen LogP contribution in [-0.2, 0) is 4.79 Å². The van der Waals surface area contributed by atoms with Crippen LogP contribution in [0.4, 0.5) is 5.69 Å². The van der Waals surface area contributed by atoms with Gasteiger partial charge in [0.05, 0.1) is 11.1 Å². The monoisotopic (exact) mass is 270 g/mol. The number of rotatable bonds is 1. The minimum absolute atomic E-state index is 0.0919. The number of benzene rings is 2. The Morgan fingerprint density at radius 2 is 1.85 bits per heavy atom. The zero-order valence-corrected chi connectivity index (χ0v) is 10.5. The van der Waals surface area contributed by atoms with E-state index in [1.165, 1.54) is 13.0 Å². The van der Waals surface area contributed by atoms with Crippen molar-refractivity contribution in [2.24, 2.45) is 0 Å². The number of hydrogen-bond acceptors (Lipinski definition) is 4. The summed E-state index contributed by atoms with van der Waals surface area (Å²) < 4.78 is 0. The second-order valence-corrected chi connectivity index (χ2v) is 4.53. The summed E-state index contributed by atoms with van der Waals surface area (Å²) in [5.74, 6) is -1.82. The van der Waals surface area contributed by atoms with Crippen LogP contribution in [0.15, 0.2) is 30.3 Å². The van der Waals surface area contributed by atoms with Gasteiger partial charge in [0, 0.05) is 18.0 Å². The first-order chi connectivity index (χ1) is 9.49. The number of anilines is 1. The third-order valence-electron chi connectivity index (χ3n) is 3.14. The lowest BCUT2D eigenvalue weighted by Gasteiger charge is -2.22. The van der Waals surface area contributed by atoms with E-state index < -0.39 is 11.8 Å². The quantitative estimate of drug-likeness (QED) is 0.611. The summed E-state index contributed by atoms with van der Waals surface area (Å²) in [5, 5.41) is 13.4. The fourth-order valence-electron chi connectivity index (χ4n) is 2.37. The number of nitrogens with one attached hydrogen (secondary N) is 1. The maximum absolute atomic E-state index is 12.0. The van der Waals surface area contributed by atoms with E-state index in [0.717, 1.165) is 0 Å². The van der Waals surface area contributed by atoms with Crippen molar-refractivity contribution in [3.05, 3.63) is 41.5 Å². The highest BCUT2D eigenvalue weighted by Crippen LogP contribution is 2.32. The highest BCUT2D eigenvalue weighted by atomic mass is 16.5. The van der Waals surface area contributed by atoms with Gasteiger partial charge in [-0.15, -0.1) is 5.06 Å². The Morgan fingerprint density at radius 1 is 1.15 bits per heavy atom. The van der Waals surface area contributed by atoms with Gasteiger partial charge in [-0.25, -0.2) is 0 Å². The standard InChI is InChI=1S/C14H10N2O4/c1-7(17)15-9-5-8-3-2-4-10-12(8)11(6-9)14(19)16(20)13(10)18/h2-6,20H,1H3,(H,15,17). The largest absolute Gasteiger partial charge is 0.326 e. The first kappa shape index (κ1) is 12.3. The first-order valence-corrected chi connectivity index (χ1v) is 5.91. The summed E-state index contributed by atoms with van der Waals surface area (Å²) in [6.07, 6.45) is 0. The van der Waals surface area contributed by atoms with Gasteiger partial charge >= 0.3 is 0 Å². The van der Waals surface area contributed by atoms with Crippen molar-refractivity contribution in [3.8, 4) is 0 Å². The van der Waals surface area contributed by atoms with Gasteiger partial charge in [-0.3, -0.25) is 19.6 Å². The molecular formula is C14H10N2O4. The molecule has 1 heterocycles. The summed E-state index contributed by atoms with van der Waals surface area (Å²) >= 11 is 0. The molecular weight excluding hydrogens is 260 g/mol. The molecule has 6 nitrogen and oxygen atoms in total. The fourth-order valence-corrected chi connectivity index (χ4v) is 2.37.